The first-order chi connectivity index (χ1) is 11.4. The number of aromatic nitrogens is 2. The molecule has 1 aromatic carbocycles. The largest absolute Gasteiger partial charge is 1.00 e. The van der Waals surface area contributed by atoms with Gasteiger partial charge >= 0.3 is 5.69 Å². The van der Waals surface area contributed by atoms with E-state index in [0.29, 0.717) is 0 Å². The molecule has 136 valence electrons. The molecule has 0 radical (unpaired) electrons. The molecule has 0 bridgehead atoms. The van der Waals surface area contributed by atoms with E-state index >= 15 is 0 Å². The van der Waals surface area contributed by atoms with E-state index in [1.54, 1.807) is 23.2 Å². The molecule has 0 aliphatic carbocycles. The van der Waals surface area contributed by atoms with Gasteiger partial charge in [0.2, 0.25) is 0 Å². The third kappa shape index (κ3) is 4.51. The maximum Gasteiger partial charge on any atom is 0.498 e. The molecule has 0 atom stereocenters. The summed E-state index contributed by atoms with van der Waals surface area (Å²) in [6, 6.07) is 8.52. The summed E-state index contributed by atoms with van der Waals surface area (Å²) in [4.78, 5) is 14.5. The van der Waals surface area contributed by atoms with E-state index in [0.717, 1.165) is 30.0 Å². The first-order valence-corrected chi connectivity index (χ1v) is 8.49. The van der Waals surface area contributed by atoms with Gasteiger partial charge in [-0.1, -0.05) is 12.1 Å². The van der Waals surface area contributed by atoms with Crippen LogP contribution in [-0.2, 0) is 14.1 Å². The van der Waals surface area contributed by atoms with Crippen molar-refractivity contribution in [3.8, 4) is 0 Å². The zero-order valence-electron chi connectivity index (χ0n) is 16.0. The third-order valence-corrected chi connectivity index (χ3v) is 4.62. The lowest BCUT2D eigenvalue weighted by atomic mass is 10.1. The molecule has 0 spiro atoms. The van der Waals surface area contributed by atoms with Crippen LogP contribution in [0, 0.1) is 13.8 Å². The summed E-state index contributed by atoms with van der Waals surface area (Å²) in [7, 11) is 3.59. The van der Waals surface area contributed by atoms with Gasteiger partial charge in [-0.2, -0.15) is 13.9 Å². The van der Waals surface area contributed by atoms with E-state index in [4.69, 9.17) is 0 Å². The Kier molecular flexibility index (Phi) is 7.43. The van der Waals surface area contributed by atoms with Crippen LogP contribution >= 0.6 is 0 Å². The third-order valence-electron chi connectivity index (χ3n) is 4.62. The second kappa shape index (κ2) is 8.86. The second-order valence-corrected chi connectivity index (χ2v) is 6.16. The van der Waals surface area contributed by atoms with E-state index in [-0.39, 0.29) is 18.1 Å². The minimum atomic E-state index is -0.0114. The van der Waals surface area contributed by atoms with Gasteiger partial charge in [-0.15, -0.1) is 0 Å². The van der Waals surface area contributed by atoms with Crippen LogP contribution in [0.15, 0.2) is 29.1 Å². The number of aryl methyl sites for hydroxylation is 2. The van der Waals surface area contributed by atoms with Gasteiger partial charge in [-0.3, -0.25) is 0 Å². The normalized spacial score (nSPS) is 10.8. The molecule has 0 saturated carbocycles. The minimum absolute atomic E-state index is 0. The molecule has 25 heavy (non-hydrogen) atoms. The van der Waals surface area contributed by atoms with Gasteiger partial charge in [0.25, 0.3) is 0 Å². The highest BCUT2D eigenvalue weighted by molar-refractivity contribution is 5.70. The van der Waals surface area contributed by atoms with Gasteiger partial charge in [-0.05, 0) is 57.0 Å². The zero-order valence-corrected chi connectivity index (χ0v) is 16.8. The number of nitrogens with zero attached hydrogens (tertiary/aromatic N) is 3. The summed E-state index contributed by atoms with van der Waals surface area (Å²) in [5.74, 6) is 0. The molecule has 0 unspecified atom stereocenters. The Morgan fingerprint density at radius 3 is 2.32 bits per heavy atom. The van der Waals surface area contributed by atoms with E-state index < -0.39 is 0 Å². The number of rotatable bonds is 5. The Bertz CT molecular complexity index is 820. The van der Waals surface area contributed by atoms with Gasteiger partial charge in [0.1, 0.15) is 11.4 Å². The fourth-order valence-electron chi connectivity index (χ4n) is 2.94. The van der Waals surface area contributed by atoms with Crippen molar-refractivity contribution < 1.29 is 17.0 Å². The van der Waals surface area contributed by atoms with Crippen LogP contribution in [0.1, 0.15) is 36.4 Å². The Labute approximate surface area is 156 Å². The first-order valence-electron chi connectivity index (χ1n) is 8.49. The molecule has 0 fully saturated rings. The summed E-state index contributed by atoms with van der Waals surface area (Å²) in [6.45, 7) is 10.5. The van der Waals surface area contributed by atoms with Crippen LogP contribution in [0.2, 0.25) is 0 Å². The average molecular weight is 362 g/mol. The highest BCUT2D eigenvalue weighted by Crippen LogP contribution is 2.22. The summed E-state index contributed by atoms with van der Waals surface area (Å²) < 4.78 is 3.32. The molecule has 2 rings (SSSR count). The molecular weight excluding hydrogens is 334 g/mol. The van der Waals surface area contributed by atoms with E-state index in [1.165, 1.54) is 11.3 Å². The smallest absolute Gasteiger partial charge is 0.498 e. The standard InChI is InChI=1S/C20H28N3O.ClH/c1-7-23(8-2)19-12-10-17(13-15(19)3)9-11-18-14-16(4)21(5)20(24)22(18)6;/h9-14H,7-8H2,1-6H3;1H/q+1;/p-1. The van der Waals surface area contributed by atoms with Crippen molar-refractivity contribution in [3.63, 3.8) is 0 Å². The number of hydrogen-bond donors (Lipinski definition) is 0. The Balaban J connectivity index is 0.00000312. The molecular formula is C20H28ClN3O. The molecule has 0 aliphatic rings. The molecule has 1 aromatic heterocycles. The Morgan fingerprint density at radius 1 is 1.12 bits per heavy atom. The van der Waals surface area contributed by atoms with Crippen molar-refractivity contribution in [1.82, 2.24) is 4.57 Å². The molecule has 0 N–H and O–H groups in total. The number of anilines is 1. The van der Waals surface area contributed by atoms with Crippen LogP contribution in [0.5, 0.6) is 0 Å². The maximum absolute atomic E-state index is 12.1. The Hall–Kier alpha value is -2.07. The van der Waals surface area contributed by atoms with Crippen molar-refractivity contribution in [2.75, 3.05) is 18.0 Å². The second-order valence-electron chi connectivity index (χ2n) is 6.16. The van der Waals surface area contributed by atoms with E-state index in [9.17, 15) is 4.79 Å². The van der Waals surface area contributed by atoms with Crippen LogP contribution in [0.3, 0.4) is 0 Å². The topological polar surface area (TPSA) is 29.1 Å². The van der Waals surface area contributed by atoms with Crippen LogP contribution in [-0.4, -0.2) is 17.7 Å². The monoisotopic (exact) mass is 361 g/mol. The first kappa shape index (κ1) is 21.0. The molecule has 1 heterocycles. The predicted octanol–water partition coefficient (Wildman–Crippen LogP) is -0.153. The Morgan fingerprint density at radius 2 is 1.76 bits per heavy atom. The van der Waals surface area contributed by atoms with Crippen LogP contribution < -0.4 is 27.6 Å². The van der Waals surface area contributed by atoms with Crippen molar-refractivity contribution in [2.24, 2.45) is 14.1 Å². The van der Waals surface area contributed by atoms with Gasteiger partial charge in [0, 0.05) is 24.8 Å². The lowest BCUT2D eigenvalue weighted by Gasteiger charge is -2.23. The quantitative estimate of drug-likeness (QED) is 0.693. The SMILES string of the molecule is CCN(CC)c1ccc(/C=C/c2cc(C)[n+](C)c(=O)n2C)cc1C.[Cl-]. The molecule has 4 nitrogen and oxygen atoms in total. The molecule has 2 aromatic rings. The highest BCUT2D eigenvalue weighted by atomic mass is 35.5. The van der Waals surface area contributed by atoms with Crippen molar-refractivity contribution in [2.45, 2.75) is 27.7 Å². The summed E-state index contributed by atoms with van der Waals surface area (Å²) in [5, 5.41) is 0. The van der Waals surface area contributed by atoms with Crippen LogP contribution in [0.25, 0.3) is 12.2 Å². The van der Waals surface area contributed by atoms with Crippen molar-refractivity contribution in [3.05, 3.63) is 57.3 Å². The van der Waals surface area contributed by atoms with Gasteiger partial charge in [0.15, 0.2) is 0 Å². The zero-order chi connectivity index (χ0) is 17.9. The van der Waals surface area contributed by atoms with Crippen molar-refractivity contribution in [1.29, 1.82) is 0 Å². The highest BCUT2D eigenvalue weighted by Gasteiger charge is 2.11. The minimum Gasteiger partial charge on any atom is -1.00 e. The van der Waals surface area contributed by atoms with Crippen molar-refractivity contribution >= 4 is 17.8 Å². The van der Waals surface area contributed by atoms with Gasteiger partial charge in [-0.25, -0.2) is 0 Å². The van der Waals surface area contributed by atoms with Gasteiger partial charge in [0.05, 0.1) is 14.1 Å². The number of halogens is 1. The molecule has 0 amide bonds. The molecule has 0 saturated heterocycles. The predicted molar refractivity (Wildman–Crippen MR) is 101 cm³/mol. The lowest BCUT2D eigenvalue weighted by Crippen LogP contribution is -3.00. The lowest BCUT2D eigenvalue weighted by molar-refractivity contribution is -0.696. The fraction of sp³-hybridized carbons (Fsp3) is 0.400. The molecule has 0 aliphatic heterocycles. The summed E-state index contributed by atoms with van der Waals surface area (Å²) >= 11 is 0. The average Bonchev–Trinajstić information content (AvgIpc) is 2.57. The summed E-state index contributed by atoms with van der Waals surface area (Å²) in [6.07, 6.45) is 4.06. The maximum atomic E-state index is 12.1. The van der Waals surface area contributed by atoms with E-state index in [2.05, 4.69) is 49.9 Å². The fourth-order valence-corrected chi connectivity index (χ4v) is 2.94. The number of benzene rings is 1. The molecule has 5 heteroatoms. The van der Waals surface area contributed by atoms with Gasteiger partial charge < -0.3 is 17.3 Å². The van der Waals surface area contributed by atoms with Crippen LogP contribution in [0.4, 0.5) is 5.69 Å². The number of hydrogen-bond acceptors (Lipinski definition) is 2. The van der Waals surface area contributed by atoms with E-state index in [1.807, 2.05) is 19.1 Å². The summed E-state index contributed by atoms with van der Waals surface area (Å²) in [5.41, 5.74) is 5.54.